The minimum atomic E-state index is -2.59. The molecule has 3 aromatic carbocycles. The number of aliphatic hydroxyl groups is 1. The van der Waals surface area contributed by atoms with Gasteiger partial charge in [0.15, 0.2) is 0 Å². The van der Waals surface area contributed by atoms with Crippen LogP contribution >= 0.6 is 66.7 Å². The molecule has 69 heavy (non-hydrogen) atoms. The zero-order chi connectivity index (χ0) is 50.4. The second-order valence-corrected chi connectivity index (χ2v) is 31.8. The molecule has 17 heteroatoms. The summed E-state index contributed by atoms with van der Waals surface area (Å²) in [6, 6.07) is 29.4. The molecule has 374 valence electrons. The summed E-state index contributed by atoms with van der Waals surface area (Å²) in [5, 5.41) is 9.63. The average Bonchev–Trinajstić information content (AvgIpc) is 3.93. The van der Waals surface area contributed by atoms with Crippen LogP contribution in [0.2, 0.25) is 28.4 Å². The predicted molar refractivity (Wildman–Crippen MR) is 281 cm³/mol. The number of aliphatic hydroxyl groups excluding tert-OH is 1. The minimum absolute atomic E-state index is 0.118. The topological polar surface area (TPSA) is 86.6 Å². The fraction of sp³-hybridized carbons (Fsp3) is 0.365. The van der Waals surface area contributed by atoms with Gasteiger partial charge < -0.3 is 14.6 Å². The summed E-state index contributed by atoms with van der Waals surface area (Å²) in [7, 11) is 0. The van der Waals surface area contributed by atoms with Crippen molar-refractivity contribution in [3.63, 3.8) is 0 Å². The first kappa shape index (κ1) is 60.3. The third kappa shape index (κ3) is 23.8. The zero-order valence-corrected chi connectivity index (χ0v) is 47.4. The van der Waals surface area contributed by atoms with Crippen LogP contribution < -0.4 is 13.2 Å². The van der Waals surface area contributed by atoms with Gasteiger partial charge in [0.1, 0.15) is 27.4 Å². The van der Waals surface area contributed by atoms with Gasteiger partial charge in [0.2, 0.25) is 11.8 Å². The molecular formula is C52H60Br2Cl3F4N3O4Sn. The number of unbranched alkanes of at least 4 members (excludes halogenated alkanes) is 3. The van der Waals surface area contributed by atoms with E-state index in [2.05, 4.69) is 74.7 Å². The van der Waals surface area contributed by atoms with E-state index in [4.69, 9.17) is 59.1 Å². The Morgan fingerprint density at radius 3 is 1.35 bits per heavy atom. The van der Waals surface area contributed by atoms with Gasteiger partial charge in [-0.3, -0.25) is 0 Å². The molecule has 0 unspecified atom stereocenters. The Morgan fingerprint density at radius 2 is 0.986 bits per heavy atom. The SMILES string of the molecule is C1CCOC1.CCC[CH2][Sn]([CH2]CCC)([CH2]CCC)[c]1cccc(OCc2ccc(Cl)cc2F)n1.Fc1cc(Cl)ccc1COc1cccc(Br)n1.Fc1cccc(Br)n1.OCc1ccc(Cl)cc1F. The first-order valence-corrected chi connectivity index (χ1v) is 33.1. The Labute approximate surface area is 440 Å². The molecule has 0 spiro atoms. The van der Waals surface area contributed by atoms with E-state index in [1.165, 1.54) is 105 Å². The van der Waals surface area contributed by atoms with E-state index < -0.39 is 30.1 Å². The molecule has 0 amide bonds. The fourth-order valence-electron chi connectivity index (χ4n) is 6.69. The van der Waals surface area contributed by atoms with E-state index in [-0.39, 0.29) is 37.0 Å². The van der Waals surface area contributed by atoms with Gasteiger partial charge in [-0.25, -0.2) is 18.7 Å². The average molecular weight is 1250 g/mol. The quantitative estimate of drug-likeness (QED) is 0.0553. The van der Waals surface area contributed by atoms with Crippen LogP contribution in [-0.2, 0) is 24.6 Å². The van der Waals surface area contributed by atoms with Gasteiger partial charge in [0.05, 0.1) is 6.61 Å². The van der Waals surface area contributed by atoms with Crippen LogP contribution in [0.25, 0.3) is 0 Å². The van der Waals surface area contributed by atoms with Gasteiger partial charge in [-0.05, 0) is 87.2 Å². The van der Waals surface area contributed by atoms with E-state index in [9.17, 15) is 17.6 Å². The smallest absolute Gasteiger partial charge is 0.214 e. The molecule has 6 aromatic rings. The molecule has 7 rings (SSSR count). The third-order valence-electron chi connectivity index (χ3n) is 10.5. The maximum Gasteiger partial charge on any atom is 0.214 e. The van der Waals surface area contributed by atoms with Crippen LogP contribution in [0.3, 0.4) is 0 Å². The van der Waals surface area contributed by atoms with Crippen LogP contribution in [-0.4, -0.2) is 51.6 Å². The molecular weight excluding hydrogens is 1190 g/mol. The molecule has 1 saturated heterocycles. The van der Waals surface area contributed by atoms with Crippen molar-refractivity contribution in [3.05, 3.63) is 174 Å². The van der Waals surface area contributed by atoms with Crippen LogP contribution in [0.5, 0.6) is 11.8 Å². The summed E-state index contributed by atoms with van der Waals surface area (Å²) < 4.78 is 75.0. The Kier molecular flexibility index (Phi) is 30.0. The molecule has 7 nitrogen and oxygen atoms in total. The molecule has 1 aliphatic rings. The molecule has 1 fully saturated rings. The van der Waals surface area contributed by atoms with Crippen LogP contribution in [0.15, 0.2) is 118 Å². The summed E-state index contributed by atoms with van der Waals surface area (Å²) in [6.45, 7) is 8.84. The van der Waals surface area contributed by atoms with E-state index >= 15 is 0 Å². The Morgan fingerprint density at radius 1 is 0.565 bits per heavy atom. The van der Waals surface area contributed by atoms with Gasteiger partial charge >= 0.3 is 186 Å². The van der Waals surface area contributed by atoms with Crippen molar-refractivity contribution in [2.45, 2.75) is 105 Å². The van der Waals surface area contributed by atoms with Gasteiger partial charge in [-0.2, -0.15) is 4.39 Å². The van der Waals surface area contributed by atoms with Gasteiger partial charge in [-0.15, -0.1) is 0 Å². The number of halogens is 9. The zero-order valence-electron chi connectivity index (χ0n) is 39.1. The van der Waals surface area contributed by atoms with E-state index in [0.29, 0.717) is 47.2 Å². The number of nitrogens with zero attached hydrogens (tertiary/aromatic N) is 3. The first-order valence-electron chi connectivity index (χ1n) is 22.9. The number of benzene rings is 3. The van der Waals surface area contributed by atoms with Gasteiger partial charge in [0.25, 0.3) is 0 Å². The molecule has 0 radical (unpaired) electrons. The normalized spacial score (nSPS) is 11.7. The van der Waals surface area contributed by atoms with Crippen molar-refractivity contribution < 1.29 is 36.9 Å². The molecule has 1 aliphatic heterocycles. The van der Waals surface area contributed by atoms with Gasteiger partial charge in [-0.1, -0.05) is 47.5 Å². The molecule has 4 heterocycles. The molecule has 0 bridgehead atoms. The van der Waals surface area contributed by atoms with Crippen molar-refractivity contribution >= 4 is 88.7 Å². The maximum absolute atomic E-state index is 14.1. The number of hydrogen-bond donors (Lipinski definition) is 1. The van der Waals surface area contributed by atoms with Crippen LogP contribution in [0.1, 0.15) is 88.8 Å². The molecule has 3 aromatic heterocycles. The van der Waals surface area contributed by atoms with Crippen molar-refractivity contribution in [1.82, 2.24) is 15.0 Å². The standard InChI is InChI=1S/C12H8BrClFNO.C12H8ClFNO.C7H6ClFO.C5H3BrFN.C4H8O.3C4H9.Sn/c13-11-2-1-3-12(16-11)17-7-8-4-5-9(14)6-10(8)15;13-10-5-4-9(11(14)7-10)8-16-12-3-1-2-6-15-12;8-6-2-1-5(4-10)7(9)3-6;6-4-2-1-3-5(7)8-4;1-2-4-5-3-1;3*1-3-4-2;/h1-6H,7H2;1-5,7H,8H2;1-3,10H,4H2;1-3H;1-4H2;3*1,3-4H2,2H3;. The first-order chi connectivity index (χ1) is 33.2. The third-order valence-corrected chi connectivity index (χ3v) is 27.2. The summed E-state index contributed by atoms with van der Waals surface area (Å²) in [4.78, 5) is 12.5. The maximum atomic E-state index is 14.1. The Hall–Kier alpha value is -3.02. The van der Waals surface area contributed by atoms with Crippen LogP contribution in [0, 0.1) is 23.4 Å². The molecule has 0 atom stereocenters. The second-order valence-electron chi connectivity index (χ2n) is 15.8. The van der Waals surface area contributed by atoms with Crippen molar-refractivity contribution in [2.24, 2.45) is 0 Å². The van der Waals surface area contributed by atoms with Crippen LogP contribution in [0.4, 0.5) is 17.6 Å². The minimum Gasteiger partial charge on any atom is -0.473 e. The van der Waals surface area contributed by atoms with Crippen molar-refractivity contribution in [1.29, 1.82) is 0 Å². The number of rotatable bonds is 17. The Bertz CT molecular complexity index is 2370. The number of ether oxygens (including phenoxy) is 3. The monoisotopic (exact) mass is 1250 g/mol. The Balaban J connectivity index is 0.000000262. The molecule has 0 aliphatic carbocycles. The number of hydrogen-bond acceptors (Lipinski definition) is 7. The number of aromatic nitrogens is 3. The second kappa shape index (κ2) is 34.4. The fourth-order valence-corrected chi connectivity index (χ4v) is 23.2. The van der Waals surface area contributed by atoms with Gasteiger partial charge in [0, 0.05) is 40.5 Å². The molecule has 0 saturated carbocycles. The summed E-state index contributed by atoms with van der Waals surface area (Å²) >= 11 is 20.6. The summed E-state index contributed by atoms with van der Waals surface area (Å²) in [5.74, 6) is -0.589. The largest absolute Gasteiger partial charge is 0.473 e. The van der Waals surface area contributed by atoms with Crippen molar-refractivity contribution in [3.8, 4) is 11.8 Å². The van der Waals surface area contributed by atoms with E-state index in [1.54, 1.807) is 54.6 Å². The van der Waals surface area contributed by atoms with E-state index in [0.717, 1.165) is 13.2 Å². The summed E-state index contributed by atoms with van der Waals surface area (Å²) in [6.07, 6.45) is 10.2. The van der Waals surface area contributed by atoms with E-state index in [1.807, 2.05) is 6.07 Å². The van der Waals surface area contributed by atoms with Crippen molar-refractivity contribution in [2.75, 3.05) is 13.2 Å². The predicted octanol–water partition coefficient (Wildman–Crippen LogP) is 16.5. The number of pyridine rings is 3. The summed E-state index contributed by atoms with van der Waals surface area (Å²) in [5.41, 5.74) is 1.21. The molecule has 1 N–H and O–H groups in total.